The molecule has 2 aliphatic heterocycles. The number of β-lactam (4-membered cyclic amide) rings is 1. The van der Waals surface area contributed by atoms with Crippen LogP contribution in [0.3, 0.4) is 0 Å². The number of aliphatic carboxylic acids is 1. The topological polar surface area (TPSA) is 239 Å². The first-order valence-electron chi connectivity index (χ1n) is 13.2. The summed E-state index contributed by atoms with van der Waals surface area (Å²) in [6, 6.07) is 1.44. The fraction of sp³-hybridized carbons (Fsp3) is 0.375. The van der Waals surface area contributed by atoms with Gasteiger partial charge in [0.15, 0.2) is 17.1 Å². The Morgan fingerprint density at radius 2 is 2.05 bits per heavy atom. The van der Waals surface area contributed by atoms with Gasteiger partial charge in [-0.05, 0) is 31.7 Å². The Kier molecular flexibility index (Phi) is 7.57. The number of primary amides is 1. The smallest absolute Gasteiger partial charge is 0.317 e. The number of aromatic nitrogens is 5. The largest absolute Gasteiger partial charge is 0.543 e. The maximum absolute atomic E-state index is 13.3. The number of fused-ring (bicyclic) bond motifs is 2. The maximum Gasteiger partial charge on any atom is 0.317 e. The standard InChI is InChI=1S/C24H25N11O6S2/c25-23(40)27-13-5-6-14-33(7-8-34(14)30-13)9-11-10-42-21-16(20(37)35(21)17(11)22(38)39)28-19(36)15(18-29-24(26)43-32-18)31-41-12-3-1-2-4-12/h5-8,12,16,21H,1-4,9-10H2,(H6-,25,26,27,28,29,30,32,36,38,39,40)/b31-15-/t16-,21-/m1/s1. The zero-order valence-electron chi connectivity index (χ0n) is 22.3. The summed E-state index contributed by atoms with van der Waals surface area (Å²) in [5, 5.41) is 25.0. The quantitative estimate of drug-likeness (QED) is 0.0903. The molecule has 0 unspecified atom stereocenters. The molecule has 3 aliphatic rings. The van der Waals surface area contributed by atoms with Crippen molar-refractivity contribution in [1.29, 1.82) is 0 Å². The summed E-state index contributed by atoms with van der Waals surface area (Å²) in [6.45, 7) is 0.122. The van der Waals surface area contributed by atoms with E-state index in [1.165, 1.54) is 16.3 Å². The molecule has 6 rings (SSSR count). The van der Waals surface area contributed by atoms with Crippen molar-refractivity contribution in [1.82, 2.24) is 29.2 Å². The highest BCUT2D eigenvalue weighted by Gasteiger charge is 2.53. The van der Waals surface area contributed by atoms with E-state index in [1.54, 1.807) is 29.1 Å². The number of carbonyl (C=O) groups excluding carboxylic acids is 4. The first-order chi connectivity index (χ1) is 20.7. The molecule has 224 valence electrons. The van der Waals surface area contributed by atoms with Crippen LogP contribution in [-0.4, -0.2) is 76.7 Å². The number of urea groups is 1. The number of nitrogens with one attached hydrogen (secondary N) is 2. The Hall–Kier alpha value is -4.78. The number of rotatable bonds is 9. The number of anilines is 2. The van der Waals surface area contributed by atoms with Crippen LogP contribution in [-0.2, 0) is 25.8 Å². The summed E-state index contributed by atoms with van der Waals surface area (Å²) in [4.78, 5) is 60.7. The van der Waals surface area contributed by atoms with Crippen LogP contribution in [0.15, 0.2) is 41.0 Å². The molecule has 0 radical (unpaired) electrons. The Morgan fingerprint density at radius 1 is 1.26 bits per heavy atom. The van der Waals surface area contributed by atoms with Gasteiger partial charge in [0, 0.05) is 28.9 Å². The van der Waals surface area contributed by atoms with E-state index in [1.807, 2.05) is 0 Å². The number of oxime groups is 1. The zero-order chi connectivity index (χ0) is 30.2. The summed E-state index contributed by atoms with van der Waals surface area (Å²) < 4.78 is 7.29. The number of nitrogens with two attached hydrogens (primary N) is 2. The lowest BCUT2D eigenvalue weighted by Crippen LogP contribution is -2.71. The predicted octanol–water partition coefficient (Wildman–Crippen LogP) is -1.69. The molecule has 1 aliphatic carbocycles. The van der Waals surface area contributed by atoms with E-state index in [0.29, 0.717) is 11.2 Å². The number of hydrogen-bond acceptors (Lipinski definition) is 13. The molecule has 2 atom stereocenters. The van der Waals surface area contributed by atoms with Crippen LogP contribution >= 0.6 is 23.3 Å². The minimum absolute atomic E-state index is 0.0284. The van der Waals surface area contributed by atoms with Gasteiger partial charge >= 0.3 is 11.7 Å². The van der Waals surface area contributed by atoms with Crippen molar-refractivity contribution in [3.63, 3.8) is 0 Å². The van der Waals surface area contributed by atoms with Crippen LogP contribution in [0.4, 0.5) is 15.7 Å². The number of carboxylic acids is 1. The molecular weight excluding hydrogens is 602 g/mol. The van der Waals surface area contributed by atoms with Gasteiger partial charge in [-0.2, -0.15) is 9.36 Å². The predicted molar refractivity (Wildman–Crippen MR) is 150 cm³/mol. The van der Waals surface area contributed by atoms with Crippen LogP contribution in [0.2, 0.25) is 0 Å². The summed E-state index contributed by atoms with van der Waals surface area (Å²) in [5.74, 6) is -2.41. The number of nitrogen functional groups attached to an aromatic ring is 1. The lowest BCUT2D eigenvalue weighted by molar-refractivity contribution is -0.662. The van der Waals surface area contributed by atoms with Crippen molar-refractivity contribution in [2.24, 2.45) is 10.9 Å². The molecule has 17 nitrogen and oxygen atoms in total. The minimum atomic E-state index is -1.51. The molecule has 2 fully saturated rings. The van der Waals surface area contributed by atoms with Crippen LogP contribution in [0, 0.1) is 0 Å². The molecular formula is C24H25N11O6S2. The average molecular weight is 628 g/mol. The van der Waals surface area contributed by atoms with Crippen LogP contribution in [0.5, 0.6) is 0 Å². The average Bonchev–Trinajstić information content (AvgIpc) is 3.73. The van der Waals surface area contributed by atoms with E-state index in [-0.39, 0.29) is 46.6 Å². The summed E-state index contributed by atoms with van der Waals surface area (Å²) in [7, 11) is 0. The second-order valence-corrected chi connectivity index (χ2v) is 11.8. The molecule has 19 heteroatoms. The van der Waals surface area contributed by atoms with Gasteiger partial charge in [0.05, 0.1) is 11.7 Å². The van der Waals surface area contributed by atoms with E-state index in [2.05, 4.69) is 30.2 Å². The van der Waals surface area contributed by atoms with E-state index < -0.39 is 35.2 Å². The van der Waals surface area contributed by atoms with Gasteiger partial charge in [0.1, 0.15) is 30.3 Å². The monoisotopic (exact) mass is 627 g/mol. The number of thioether (sulfide) groups is 1. The highest BCUT2D eigenvalue weighted by molar-refractivity contribution is 8.00. The Balaban J connectivity index is 1.20. The summed E-state index contributed by atoms with van der Waals surface area (Å²) >= 11 is 2.19. The normalized spacial score (nSPS) is 20.6. The first-order valence-corrected chi connectivity index (χ1v) is 15.0. The lowest BCUT2D eigenvalue weighted by Gasteiger charge is -2.50. The first kappa shape index (κ1) is 28.3. The molecule has 1 saturated heterocycles. The van der Waals surface area contributed by atoms with Gasteiger partial charge in [-0.3, -0.25) is 19.8 Å². The second kappa shape index (κ2) is 11.5. The Labute approximate surface area is 251 Å². The molecule has 5 heterocycles. The van der Waals surface area contributed by atoms with Crippen LogP contribution < -0.4 is 31.8 Å². The number of amides is 4. The van der Waals surface area contributed by atoms with E-state index in [0.717, 1.165) is 42.1 Å². The highest BCUT2D eigenvalue weighted by Crippen LogP contribution is 2.40. The van der Waals surface area contributed by atoms with Crippen molar-refractivity contribution in [2.45, 2.75) is 49.7 Å². The highest BCUT2D eigenvalue weighted by atomic mass is 32.2. The molecule has 6 N–H and O–H groups in total. The zero-order valence-corrected chi connectivity index (χ0v) is 24.0. The third-order valence-electron chi connectivity index (χ3n) is 7.13. The van der Waals surface area contributed by atoms with Crippen molar-refractivity contribution < 1.29 is 33.7 Å². The molecule has 0 bridgehead atoms. The second-order valence-electron chi connectivity index (χ2n) is 9.95. The third-order valence-corrected chi connectivity index (χ3v) is 9.01. The van der Waals surface area contributed by atoms with Crippen molar-refractivity contribution in [2.75, 3.05) is 16.8 Å². The Bertz CT molecular complexity index is 1700. The van der Waals surface area contributed by atoms with Gasteiger partial charge < -0.3 is 31.5 Å². The van der Waals surface area contributed by atoms with Crippen molar-refractivity contribution >= 4 is 69.4 Å². The summed E-state index contributed by atoms with van der Waals surface area (Å²) in [6.07, 6.45) is 6.78. The number of carboxylic acid groups (broad SMARTS) is 1. The molecule has 3 aromatic rings. The maximum atomic E-state index is 13.3. The van der Waals surface area contributed by atoms with E-state index in [4.69, 9.17) is 16.3 Å². The molecule has 4 amide bonds. The van der Waals surface area contributed by atoms with E-state index in [9.17, 15) is 24.3 Å². The molecule has 0 aromatic carbocycles. The van der Waals surface area contributed by atoms with Gasteiger partial charge in [-0.25, -0.2) is 9.36 Å². The number of carbonyl (C=O) groups is 4. The minimum Gasteiger partial charge on any atom is -0.543 e. The Morgan fingerprint density at radius 3 is 2.74 bits per heavy atom. The number of nitrogens with zero attached hydrogens (tertiary/aromatic N) is 7. The molecule has 43 heavy (non-hydrogen) atoms. The number of imidazole rings is 1. The lowest BCUT2D eigenvalue weighted by atomic mass is 10.0. The van der Waals surface area contributed by atoms with Crippen molar-refractivity contribution in [3.8, 4) is 0 Å². The fourth-order valence-corrected chi connectivity index (χ4v) is 6.93. The van der Waals surface area contributed by atoms with Gasteiger partial charge in [0.2, 0.25) is 11.5 Å². The molecule has 3 aromatic heterocycles. The van der Waals surface area contributed by atoms with Crippen LogP contribution in [0.25, 0.3) is 5.65 Å². The molecule has 1 saturated carbocycles. The third kappa shape index (κ3) is 5.55. The van der Waals surface area contributed by atoms with E-state index >= 15 is 0 Å². The number of hydrogen-bond donors (Lipinski definition) is 4. The molecule has 0 spiro atoms. The van der Waals surface area contributed by atoms with Crippen molar-refractivity contribution in [3.05, 3.63) is 41.6 Å². The fourth-order valence-electron chi connectivity index (χ4n) is 5.16. The van der Waals surface area contributed by atoms with Gasteiger partial charge in [-0.1, -0.05) is 14.8 Å². The van der Waals surface area contributed by atoms with Crippen LogP contribution in [0.1, 0.15) is 31.5 Å². The SMILES string of the molecule is NC(=O)Nc1ccc2n(cc[n+]2CC2=C(C(=O)[O-])N3C(=O)[C@@H](NC(=O)/C(=N\OC4CCCC4)c4nsc(N)n4)[C@H]3SC2)n1. The van der Waals surface area contributed by atoms with Gasteiger partial charge in [0.25, 0.3) is 11.8 Å². The van der Waals surface area contributed by atoms with Gasteiger partial charge in [-0.15, -0.1) is 11.8 Å². The summed E-state index contributed by atoms with van der Waals surface area (Å²) in [5.41, 5.74) is 11.4.